The Kier molecular flexibility index (Phi) is 4.95. The Bertz CT molecular complexity index is 496. The van der Waals surface area contributed by atoms with Crippen molar-refractivity contribution in [2.45, 2.75) is 12.8 Å². The monoisotopic (exact) mass is 277 g/mol. The first-order valence-corrected chi connectivity index (χ1v) is 6.61. The zero-order valence-electron chi connectivity index (χ0n) is 11.4. The van der Waals surface area contributed by atoms with Crippen LogP contribution in [-0.4, -0.2) is 37.4 Å². The maximum Gasteiger partial charge on any atom is 0.244 e. The van der Waals surface area contributed by atoms with E-state index in [1.165, 1.54) is 19.4 Å². The van der Waals surface area contributed by atoms with Crippen molar-refractivity contribution in [2.75, 3.05) is 20.2 Å². The largest absolute Gasteiger partial charge is 0.504 e. The molecule has 0 radical (unpaired) electrons. The van der Waals surface area contributed by atoms with Gasteiger partial charge in [-0.05, 0) is 43.1 Å². The van der Waals surface area contributed by atoms with Crippen LogP contribution in [0.2, 0.25) is 0 Å². The van der Waals surface area contributed by atoms with Crippen molar-refractivity contribution in [3.8, 4) is 11.5 Å². The highest BCUT2D eigenvalue weighted by Crippen LogP contribution is 2.25. The first kappa shape index (κ1) is 14.3. The molecule has 0 aromatic heterocycles. The van der Waals surface area contributed by atoms with Crippen LogP contribution < -0.4 is 15.5 Å². The van der Waals surface area contributed by atoms with Gasteiger partial charge < -0.3 is 15.2 Å². The van der Waals surface area contributed by atoms with Crippen molar-refractivity contribution in [3.05, 3.63) is 23.8 Å². The number of benzene rings is 1. The normalized spacial score (nSPS) is 18.9. The minimum Gasteiger partial charge on any atom is -0.504 e. The molecule has 20 heavy (non-hydrogen) atoms. The van der Waals surface area contributed by atoms with E-state index in [1.54, 1.807) is 12.1 Å². The topological polar surface area (TPSA) is 83.0 Å². The molecule has 0 spiro atoms. The van der Waals surface area contributed by atoms with E-state index in [1.807, 2.05) is 0 Å². The first-order chi connectivity index (χ1) is 9.70. The van der Waals surface area contributed by atoms with Gasteiger partial charge in [-0.15, -0.1) is 0 Å². The van der Waals surface area contributed by atoms with Crippen LogP contribution in [0, 0.1) is 5.92 Å². The SMILES string of the molecule is COc1cc(/C=N/NC(=O)C2CCCNC2)ccc1O. The van der Waals surface area contributed by atoms with Gasteiger partial charge in [0, 0.05) is 6.54 Å². The lowest BCUT2D eigenvalue weighted by atomic mass is 9.99. The number of rotatable bonds is 4. The summed E-state index contributed by atoms with van der Waals surface area (Å²) in [5.74, 6) is 0.355. The van der Waals surface area contributed by atoms with Crippen LogP contribution in [0.4, 0.5) is 0 Å². The van der Waals surface area contributed by atoms with Crippen molar-refractivity contribution in [3.63, 3.8) is 0 Å². The van der Waals surface area contributed by atoms with Gasteiger partial charge in [0.25, 0.3) is 0 Å². The lowest BCUT2D eigenvalue weighted by molar-refractivity contribution is -0.125. The number of ether oxygens (including phenoxy) is 1. The lowest BCUT2D eigenvalue weighted by Crippen LogP contribution is -2.38. The second kappa shape index (κ2) is 6.91. The van der Waals surface area contributed by atoms with Gasteiger partial charge in [0.15, 0.2) is 11.5 Å². The zero-order valence-corrected chi connectivity index (χ0v) is 11.4. The summed E-state index contributed by atoms with van der Waals surface area (Å²) in [5, 5.41) is 16.6. The molecule has 108 valence electrons. The number of piperidine rings is 1. The molecule has 6 heteroatoms. The number of hydrogen-bond acceptors (Lipinski definition) is 5. The Morgan fingerprint density at radius 2 is 2.45 bits per heavy atom. The van der Waals surface area contributed by atoms with Gasteiger partial charge in [0.1, 0.15) is 0 Å². The molecule has 1 fully saturated rings. The standard InChI is InChI=1S/C14H19N3O3/c1-20-13-7-10(4-5-12(13)18)8-16-17-14(19)11-3-2-6-15-9-11/h4-5,7-8,11,15,18H,2-3,6,9H2,1H3,(H,17,19)/b16-8+. The number of amides is 1. The Hall–Kier alpha value is -2.08. The van der Waals surface area contributed by atoms with Crippen LogP contribution in [0.15, 0.2) is 23.3 Å². The molecule has 1 aromatic carbocycles. The number of hydrazone groups is 1. The molecule has 1 amide bonds. The number of carbonyl (C=O) groups is 1. The summed E-state index contributed by atoms with van der Waals surface area (Å²) in [6.07, 6.45) is 3.43. The van der Waals surface area contributed by atoms with Gasteiger partial charge in [-0.2, -0.15) is 5.10 Å². The fraction of sp³-hybridized carbons (Fsp3) is 0.429. The van der Waals surface area contributed by atoms with Crippen LogP contribution in [0.25, 0.3) is 0 Å². The molecule has 6 nitrogen and oxygen atoms in total. The number of phenols is 1. The fourth-order valence-electron chi connectivity index (χ4n) is 2.11. The van der Waals surface area contributed by atoms with Gasteiger partial charge in [-0.25, -0.2) is 5.43 Å². The molecular formula is C14H19N3O3. The Labute approximate surface area is 117 Å². The van der Waals surface area contributed by atoms with Crippen molar-refractivity contribution in [1.82, 2.24) is 10.7 Å². The van der Waals surface area contributed by atoms with Crippen molar-refractivity contribution >= 4 is 12.1 Å². The lowest BCUT2D eigenvalue weighted by Gasteiger charge is -2.20. The van der Waals surface area contributed by atoms with Gasteiger partial charge in [0.2, 0.25) is 5.91 Å². The maximum absolute atomic E-state index is 11.8. The highest BCUT2D eigenvalue weighted by Gasteiger charge is 2.20. The maximum atomic E-state index is 11.8. The van der Waals surface area contributed by atoms with E-state index < -0.39 is 0 Å². The summed E-state index contributed by atoms with van der Waals surface area (Å²) in [5.41, 5.74) is 3.28. The molecule has 1 aliphatic heterocycles. The average molecular weight is 277 g/mol. The van der Waals surface area contributed by atoms with Gasteiger partial charge in [-0.1, -0.05) is 0 Å². The van der Waals surface area contributed by atoms with E-state index in [0.29, 0.717) is 12.3 Å². The minimum absolute atomic E-state index is 0.0183. The van der Waals surface area contributed by atoms with Crippen molar-refractivity contribution in [1.29, 1.82) is 0 Å². The van der Waals surface area contributed by atoms with Crippen LogP contribution in [0.3, 0.4) is 0 Å². The summed E-state index contributed by atoms with van der Waals surface area (Å²) in [4.78, 5) is 11.8. The molecule has 0 bridgehead atoms. The van der Waals surface area contributed by atoms with Crippen LogP contribution in [0.5, 0.6) is 11.5 Å². The van der Waals surface area contributed by atoms with Crippen molar-refractivity contribution < 1.29 is 14.6 Å². The van der Waals surface area contributed by atoms with Crippen molar-refractivity contribution in [2.24, 2.45) is 11.0 Å². The minimum atomic E-state index is -0.0702. The molecule has 1 saturated heterocycles. The van der Waals surface area contributed by atoms with Gasteiger partial charge in [-0.3, -0.25) is 4.79 Å². The number of aromatic hydroxyl groups is 1. The van der Waals surface area contributed by atoms with E-state index in [4.69, 9.17) is 4.74 Å². The Morgan fingerprint density at radius 3 is 3.15 bits per heavy atom. The number of nitrogens with zero attached hydrogens (tertiary/aromatic N) is 1. The molecule has 1 aliphatic rings. The molecule has 2 rings (SSSR count). The number of methoxy groups -OCH3 is 1. The average Bonchev–Trinajstić information content (AvgIpc) is 2.49. The summed E-state index contributed by atoms with van der Waals surface area (Å²) in [7, 11) is 1.48. The molecule has 1 heterocycles. The smallest absolute Gasteiger partial charge is 0.244 e. The van der Waals surface area contributed by atoms with E-state index in [2.05, 4.69) is 15.8 Å². The third-order valence-corrected chi connectivity index (χ3v) is 3.26. The Morgan fingerprint density at radius 1 is 1.60 bits per heavy atom. The number of phenolic OH excluding ortho intramolecular Hbond substituents is 1. The highest BCUT2D eigenvalue weighted by atomic mass is 16.5. The van der Waals surface area contributed by atoms with Crippen LogP contribution >= 0.6 is 0 Å². The van der Waals surface area contributed by atoms with E-state index in [0.717, 1.165) is 24.9 Å². The molecule has 0 saturated carbocycles. The summed E-state index contributed by atoms with van der Waals surface area (Å²) in [6.45, 7) is 1.68. The number of hydrogen-bond donors (Lipinski definition) is 3. The quantitative estimate of drug-likeness (QED) is 0.563. The summed E-state index contributed by atoms with van der Waals surface area (Å²) in [6, 6.07) is 4.86. The summed E-state index contributed by atoms with van der Waals surface area (Å²) >= 11 is 0. The molecule has 1 unspecified atom stereocenters. The third-order valence-electron chi connectivity index (χ3n) is 3.26. The second-order valence-electron chi connectivity index (χ2n) is 4.71. The third kappa shape index (κ3) is 3.71. The van der Waals surface area contributed by atoms with Crippen LogP contribution in [0.1, 0.15) is 18.4 Å². The summed E-state index contributed by atoms with van der Waals surface area (Å²) < 4.78 is 5.00. The van der Waals surface area contributed by atoms with Crippen LogP contribution in [-0.2, 0) is 4.79 Å². The molecular weight excluding hydrogens is 258 g/mol. The highest BCUT2D eigenvalue weighted by molar-refractivity contribution is 5.84. The molecule has 3 N–H and O–H groups in total. The van der Waals surface area contributed by atoms with E-state index in [-0.39, 0.29) is 17.6 Å². The Balaban J connectivity index is 1.90. The predicted octanol–water partition coefficient (Wildman–Crippen LogP) is 0.850. The molecule has 0 aliphatic carbocycles. The second-order valence-corrected chi connectivity index (χ2v) is 4.71. The van der Waals surface area contributed by atoms with Gasteiger partial charge in [0.05, 0.1) is 19.2 Å². The molecule has 1 aromatic rings. The number of nitrogens with one attached hydrogen (secondary N) is 2. The molecule has 1 atom stereocenters. The fourth-order valence-corrected chi connectivity index (χ4v) is 2.11. The number of carbonyl (C=O) groups excluding carboxylic acids is 1. The van der Waals surface area contributed by atoms with E-state index >= 15 is 0 Å². The van der Waals surface area contributed by atoms with Gasteiger partial charge >= 0.3 is 0 Å². The zero-order chi connectivity index (χ0) is 14.4. The first-order valence-electron chi connectivity index (χ1n) is 6.61. The van der Waals surface area contributed by atoms with E-state index in [9.17, 15) is 9.90 Å². The predicted molar refractivity (Wildman–Crippen MR) is 76.0 cm³/mol.